The Morgan fingerprint density at radius 2 is 0.903 bits per heavy atom. The first kappa shape index (κ1) is 24.7. The van der Waals surface area contributed by atoms with E-state index in [4.69, 9.17) is 0 Å². The van der Waals surface area contributed by atoms with E-state index in [1.54, 1.807) is 0 Å². The predicted molar refractivity (Wildman–Crippen MR) is 128 cm³/mol. The van der Waals surface area contributed by atoms with Crippen molar-refractivity contribution in [2.45, 2.75) is 52.4 Å². The summed E-state index contributed by atoms with van der Waals surface area (Å²) < 4.78 is 0. The van der Waals surface area contributed by atoms with Crippen LogP contribution >= 0.6 is 0 Å². The van der Waals surface area contributed by atoms with Crippen molar-refractivity contribution in [3.05, 3.63) is 82.3 Å². The van der Waals surface area contributed by atoms with Crippen molar-refractivity contribution in [2.24, 2.45) is 5.41 Å². The Bertz CT molecular complexity index is 842. The van der Waals surface area contributed by atoms with Gasteiger partial charge in [0.1, 0.15) is 16.9 Å². The first-order valence-corrected chi connectivity index (χ1v) is 10.6. The average molecular weight is 425 g/mol. The fourth-order valence-electron chi connectivity index (χ4n) is 3.26. The molecule has 2 aromatic rings. The van der Waals surface area contributed by atoms with E-state index in [1.165, 1.54) is 12.2 Å². The minimum absolute atomic E-state index is 0.00773. The van der Waals surface area contributed by atoms with Gasteiger partial charge in [-0.2, -0.15) is 0 Å². The largest absolute Gasteiger partial charge is 0.511 e. The van der Waals surface area contributed by atoms with Crippen molar-refractivity contribution < 1.29 is 20.4 Å². The molecule has 0 spiro atoms. The molecule has 0 heterocycles. The van der Waals surface area contributed by atoms with Crippen LogP contribution in [0.2, 0.25) is 0 Å². The number of rotatable bonds is 6. The molecule has 0 aliphatic carbocycles. The van der Waals surface area contributed by atoms with Gasteiger partial charge in [0.2, 0.25) is 0 Å². The monoisotopic (exact) mass is 424 g/mol. The second kappa shape index (κ2) is 9.29. The summed E-state index contributed by atoms with van der Waals surface area (Å²) in [5, 5.41) is 41.6. The van der Waals surface area contributed by atoms with Crippen LogP contribution in [-0.4, -0.2) is 33.6 Å². The van der Waals surface area contributed by atoms with Crippen LogP contribution in [0.5, 0.6) is 0 Å². The van der Waals surface area contributed by atoms with Crippen LogP contribution in [0.1, 0.15) is 63.8 Å². The van der Waals surface area contributed by atoms with Crippen molar-refractivity contribution in [1.29, 1.82) is 0 Å². The standard InChI is InChI=1S/C27H36O4/c1-25(2,3)21-11-7-19(8-12-21)15-23(30)27(17-28,18-29)24(31)16-20-9-13-22(14-10-20)26(4,5)6/h7-16,28-31H,17-18H2,1-6H3. The normalized spacial score (nSPS) is 14.1. The van der Waals surface area contributed by atoms with Gasteiger partial charge in [-0.1, -0.05) is 90.1 Å². The molecular weight excluding hydrogens is 388 g/mol. The summed E-state index contributed by atoms with van der Waals surface area (Å²) in [5.41, 5.74) is 2.05. The van der Waals surface area contributed by atoms with Gasteiger partial charge in [-0.05, 0) is 45.2 Å². The molecule has 0 aliphatic rings. The van der Waals surface area contributed by atoms with Gasteiger partial charge in [-0.25, -0.2) is 0 Å². The van der Waals surface area contributed by atoms with Crippen molar-refractivity contribution >= 4 is 12.2 Å². The molecule has 0 aliphatic heterocycles. The van der Waals surface area contributed by atoms with Gasteiger partial charge in [0, 0.05) is 0 Å². The van der Waals surface area contributed by atoms with E-state index in [-0.39, 0.29) is 22.3 Å². The van der Waals surface area contributed by atoms with Gasteiger partial charge in [-0.15, -0.1) is 0 Å². The average Bonchev–Trinajstić information content (AvgIpc) is 2.69. The van der Waals surface area contributed by atoms with Gasteiger partial charge in [0.25, 0.3) is 0 Å². The molecule has 4 N–H and O–H groups in total. The van der Waals surface area contributed by atoms with Crippen LogP contribution < -0.4 is 0 Å². The first-order chi connectivity index (χ1) is 14.3. The summed E-state index contributed by atoms with van der Waals surface area (Å²) >= 11 is 0. The van der Waals surface area contributed by atoms with E-state index in [2.05, 4.69) is 41.5 Å². The summed E-state index contributed by atoms with van der Waals surface area (Å²) in [4.78, 5) is 0. The highest BCUT2D eigenvalue weighted by Gasteiger charge is 2.38. The second-order valence-electron chi connectivity index (χ2n) is 10.2. The van der Waals surface area contributed by atoms with Crippen molar-refractivity contribution in [3.8, 4) is 0 Å². The molecule has 0 radical (unpaired) electrons. The Balaban J connectivity index is 2.39. The summed E-state index contributed by atoms with van der Waals surface area (Å²) in [6, 6.07) is 15.4. The van der Waals surface area contributed by atoms with E-state index in [9.17, 15) is 20.4 Å². The van der Waals surface area contributed by atoms with Crippen LogP contribution in [0, 0.1) is 5.41 Å². The smallest absolute Gasteiger partial charge is 0.130 e. The third kappa shape index (κ3) is 5.78. The number of aliphatic hydroxyl groups excluding tert-OH is 4. The van der Waals surface area contributed by atoms with Crippen molar-refractivity contribution in [2.75, 3.05) is 13.2 Å². The molecular formula is C27H36O4. The quantitative estimate of drug-likeness (QED) is 0.445. The maximum atomic E-state index is 10.8. The highest BCUT2D eigenvalue weighted by molar-refractivity contribution is 5.59. The maximum absolute atomic E-state index is 10.8. The Morgan fingerprint density at radius 1 is 0.613 bits per heavy atom. The lowest BCUT2D eigenvalue weighted by molar-refractivity contribution is 0.0487. The molecule has 31 heavy (non-hydrogen) atoms. The van der Waals surface area contributed by atoms with Crippen LogP contribution in [-0.2, 0) is 10.8 Å². The minimum Gasteiger partial charge on any atom is -0.511 e. The lowest BCUT2D eigenvalue weighted by Gasteiger charge is -2.28. The van der Waals surface area contributed by atoms with E-state index >= 15 is 0 Å². The molecule has 0 unspecified atom stereocenters. The number of hydrogen-bond donors (Lipinski definition) is 4. The number of aliphatic hydroxyl groups is 4. The Hall–Kier alpha value is -2.56. The fourth-order valence-corrected chi connectivity index (χ4v) is 3.26. The zero-order valence-corrected chi connectivity index (χ0v) is 19.5. The summed E-state index contributed by atoms with van der Waals surface area (Å²) in [7, 11) is 0. The van der Waals surface area contributed by atoms with Crippen molar-refractivity contribution in [3.63, 3.8) is 0 Å². The second-order valence-corrected chi connectivity index (χ2v) is 10.2. The summed E-state index contributed by atoms with van der Waals surface area (Å²) in [5.74, 6) is -0.609. The molecule has 4 heteroatoms. The van der Waals surface area contributed by atoms with Gasteiger partial charge in [0.15, 0.2) is 0 Å². The van der Waals surface area contributed by atoms with E-state index in [0.717, 1.165) is 11.1 Å². The third-order valence-corrected chi connectivity index (χ3v) is 5.68. The van der Waals surface area contributed by atoms with Crippen LogP contribution in [0.25, 0.3) is 12.2 Å². The Labute approximate surface area is 186 Å². The predicted octanol–water partition coefficient (Wildman–Crippen LogP) is 5.75. The SMILES string of the molecule is CC(C)(C)c1ccc(C=C(O)C(CO)(CO)C(O)=Cc2ccc(C(C)(C)C)cc2)cc1. The van der Waals surface area contributed by atoms with Gasteiger partial charge < -0.3 is 20.4 Å². The number of benzene rings is 2. The first-order valence-electron chi connectivity index (χ1n) is 10.6. The Morgan fingerprint density at radius 3 is 1.13 bits per heavy atom. The molecule has 168 valence electrons. The highest BCUT2D eigenvalue weighted by atomic mass is 16.3. The molecule has 0 bridgehead atoms. The van der Waals surface area contributed by atoms with Gasteiger partial charge >= 0.3 is 0 Å². The van der Waals surface area contributed by atoms with Gasteiger partial charge in [-0.3, -0.25) is 0 Å². The zero-order chi connectivity index (χ0) is 23.4. The number of hydrogen-bond acceptors (Lipinski definition) is 4. The van der Waals surface area contributed by atoms with E-state index in [1.807, 2.05) is 48.5 Å². The molecule has 4 nitrogen and oxygen atoms in total. The molecule has 0 atom stereocenters. The van der Waals surface area contributed by atoms with Crippen molar-refractivity contribution in [1.82, 2.24) is 0 Å². The van der Waals surface area contributed by atoms with Crippen LogP contribution in [0.4, 0.5) is 0 Å². The minimum atomic E-state index is -1.69. The van der Waals surface area contributed by atoms with Crippen LogP contribution in [0.3, 0.4) is 0 Å². The lowest BCUT2D eigenvalue weighted by Crippen LogP contribution is -2.34. The topological polar surface area (TPSA) is 80.9 Å². The van der Waals surface area contributed by atoms with Gasteiger partial charge in [0.05, 0.1) is 13.2 Å². The lowest BCUT2D eigenvalue weighted by atomic mass is 9.82. The Kier molecular flexibility index (Phi) is 7.40. The van der Waals surface area contributed by atoms with E-state index in [0.29, 0.717) is 11.1 Å². The highest BCUT2D eigenvalue weighted by Crippen LogP contribution is 2.35. The maximum Gasteiger partial charge on any atom is 0.130 e. The van der Waals surface area contributed by atoms with E-state index < -0.39 is 18.6 Å². The summed E-state index contributed by atoms with van der Waals surface area (Å²) in [6.45, 7) is 11.4. The molecule has 2 aromatic carbocycles. The molecule has 0 aromatic heterocycles. The third-order valence-electron chi connectivity index (χ3n) is 5.68. The molecule has 0 fully saturated rings. The fraction of sp³-hybridized carbons (Fsp3) is 0.407. The molecule has 0 saturated heterocycles. The van der Waals surface area contributed by atoms with Crippen LogP contribution in [0.15, 0.2) is 60.0 Å². The zero-order valence-electron chi connectivity index (χ0n) is 19.5. The molecule has 0 amide bonds. The molecule has 0 saturated carbocycles. The molecule has 2 rings (SSSR count). The summed E-state index contributed by atoms with van der Waals surface area (Å²) in [6.07, 6.45) is 2.93.